The van der Waals surface area contributed by atoms with Gasteiger partial charge in [0.2, 0.25) is 17.5 Å². The van der Waals surface area contributed by atoms with E-state index in [1.165, 1.54) is 0 Å². The topological polar surface area (TPSA) is 65.2 Å². The minimum atomic E-state index is -4.89. The summed E-state index contributed by atoms with van der Waals surface area (Å²) in [5.74, 6) is -2.11. The average molecular weight is 266 g/mol. The predicted octanol–water partition coefficient (Wildman–Crippen LogP) is 2.23. The second-order valence-corrected chi connectivity index (χ2v) is 3.50. The molecule has 1 atom stereocenters. The van der Waals surface area contributed by atoms with Crippen molar-refractivity contribution in [2.24, 2.45) is 0 Å². The van der Waals surface area contributed by atoms with Crippen LogP contribution in [-0.4, -0.2) is 28.7 Å². The standard InChI is InChI=1S/C10H13F3N2O3/c1-3-6(17-4-2)9-14-8(18-15-9)5-7(16)10(11,12)13/h6H,3-5H2,1-2H3. The van der Waals surface area contributed by atoms with Gasteiger partial charge in [0.05, 0.1) is 6.42 Å². The van der Waals surface area contributed by atoms with Gasteiger partial charge in [0.15, 0.2) is 0 Å². The van der Waals surface area contributed by atoms with Gasteiger partial charge in [-0.05, 0) is 13.3 Å². The van der Waals surface area contributed by atoms with Gasteiger partial charge in [-0.3, -0.25) is 4.79 Å². The SMILES string of the molecule is CCOC(CC)c1noc(CC(=O)C(F)(F)F)n1. The monoisotopic (exact) mass is 266 g/mol. The molecule has 0 spiro atoms. The van der Waals surface area contributed by atoms with Crippen molar-refractivity contribution < 1.29 is 27.2 Å². The molecule has 0 saturated carbocycles. The van der Waals surface area contributed by atoms with Crippen molar-refractivity contribution in [3.8, 4) is 0 Å². The quantitative estimate of drug-likeness (QED) is 0.790. The normalized spacial score (nSPS) is 13.6. The Hall–Kier alpha value is -1.44. The van der Waals surface area contributed by atoms with Crippen LogP contribution in [0.3, 0.4) is 0 Å². The Kier molecular flexibility index (Phi) is 4.83. The zero-order chi connectivity index (χ0) is 13.8. The molecule has 1 aromatic rings. The van der Waals surface area contributed by atoms with Gasteiger partial charge in [0, 0.05) is 6.61 Å². The average Bonchev–Trinajstić information content (AvgIpc) is 2.73. The summed E-state index contributed by atoms with van der Waals surface area (Å²) in [5, 5.41) is 3.51. The van der Waals surface area contributed by atoms with Gasteiger partial charge in [-0.15, -0.1) is 0 Å². The summed E-state index contributed by atoms with van der Waals surface area (Å²) in [7, 11) is 0. The van der Waals surface area contributed by atoms with E-state index in [1.807, 2.05) is 6.92 Å². The summed E-state index contributed by atoms with van der Waals surface area (Å²) in [6.07, 6.45) is -5.72. The van der Waals surface area contributed by atoms with E-state index in [1.54, 1.807) is 6.92 Å². The minimum absolute atomic E-state index is 0.157. The molecule has 0 fully saturated rings. The minimum Gasteiger partial charge on any atom is -0.370 e. The van der Waals surface area contributed by atoms with Gasteiger partial charge in [-0.1, -0.05) is 12.1 Å². The summed E-state index contributed by atoms with van der Waals surface area (Å²) in [4.78, 5) is 14.5. The molecule has 0 N–H and O–H groups in total. The fourth-order valence-corrected chi connectivity index (χ4v) is 1.28. The molecule has 0 aliphatic carbocycles. The zero-order valence-corrected chi connectivity index (χ0v) is 9.95. The number of rotatable bonds is 6. The van der Waals surface area contributed by atoms with Crippen molar-refractivity contribution >= 4 is 5.78 Å². The zero-order valence-electron chi connectivity index (χ0n) is 9.95. The number of aromatic nitrogens is 2. The van der Waals surface area contributed by atoms with E-state index in [0.29, 0.717) is 13.0 Å². The highest BCUT2D eigenvalue weighted by molar-refractivity contribution is 5.85. The second kappa shape index (κ2) is 5.94. The molecule has 1 heterocycles. The van der Waals surface area contributed by atoms with Crippen molar-refractivity contribution in [2.45, 2.75) is 39.0 Å². The van der Waals surface area contributed by atoms with Crippen LogP contribution in [0.5, 0.6) is 0 Å². The molecule has 0 aliphatic heterocycles. The first-order chi connectivity index (χ1) is 8.38. The molecule has 0 radical (unpaired) electrons. The van der Waals surface area contributed by atoms with E-state index in [9.17, 15) is 18.0 Å². The molecule has 0 amide bonds. The molecular weight excluding hydrogens is 253 g/mol. The van der Waals surface area contributed by atoms with Crippen molar-refractivity contribution in [1.29, 1.82) is 0 Å². The van der Waals surface area contributed by atoms with Crippen LogP contribution >= 0.6 is 0 Å². The van der Waals surface area contributed by atoms with Gasteiger partial charge in [0.25, 0.3) is 0 Å². The van der Waals surface area contributed by atoms with E-state index in [-0.39, 0.29) is 11.7 Å². The third-order valence-electron chi connectivity index (χ3n) is 2.14. The van der Waals surface area contributed by atoms with Gasteiger partial charge >= 0.3 is 6.18 Å². The molecule has 1 aromatic heterocycles. The molecule has 0 aliphatic rings. The molecule has 18 heavy (non-hydrogen) atoms. The van der Waals surface area contributed by atoms with Gasteiger partial charge < -0.3 is 9.26 Å². The Morgan fingerprint density at radius 2 is 2.11 bits per heavy atom. The van der Waals surface area contributed by atoms with Crippen LogP contribution in [0.2, 0.25) is 0 Å². The number of ether oxygens (including phenoxy) is 1. The lowest BCUT2D eigenvalue weighted by molar-refractivity contribution is -0.170. The third-order valence-corrected chi connectivity index (χ3v) is 2.14. The van der Waals surface area contributed by atoms with Crippen LogP contribution in [0.25, 0.3) is 0 Å². The summed E-state index contributed by atoms with van der Waals surface area (Å²) in [6.45, 7) is 4.01. The van der Waals surface area contributed by atoms with Crippen LogP contribution < -0.4 is 0 Å². The van der Waals surface area contributed by atoms with E-state index < -0.39 is 24.5 Å². The van der Waals surface area contributed by atoms with Crippen molar-refractivity contribution in [2.75, 3.05) is 6.61 Å². The highest BCUT2D eigenvalue weighted by Crippen LogP contribution is 2.20. The lowest BCUT2D eigenvalue weighted by Gasteiger charge is -2.09. The number of halogens is 3. The van der Waals surface area contributed by atoms with Crippen LogP contribution in [0.4, 0.5) is 13.2 Å². The maximum atomic E-state index is 12.0. The number of alkyl halides is 3. The molecule has 0 saturated heterocycles. The predicted molar refractivity (Wildman–Crippen MR) is 53.7 cm³/mol. The Morgan fingerprint density at radius 3 is 2.61 bits per heavy atom. The number of Topliss-reactive ketones (excluding diaryl/α,β-unsaturated/α-hetero) is 1. The Morgan fingerprint density at radius 1 is 1.44 bits per heavy atom. The van der Waals surface area contributed by atoms with Gasteiger partial charge in [-0.25, -0.2) is 0 Å². The Labute approximate surface area is 101 Å². The van der Waals surface area contributed by atoms with Crippen molar-refractivity contribution in [3.05, 3.63) is 11.7 Å². The lowest BCUT2D eigenvalue weighted by Crippen LogP contribution is -2.24. The number of carbonyl (C=O) groups is 1. The van der Waals surface area contributed by atoms with Crippen molar-refractivity contribution in [3.63, 3.8) is 0 Å². The van der Waals surface area contributed by atoms with Crippen molar-refractivity contribution in [1.82, 2.24) is 10.1 Å². The van der Waals surface area contributed by atoms with Crippen LogP contribution in [0.1, 0.15) is 38.1 Å². The molecule has 0 aromatic carbocycles. The number of carbonyl (C=O) groups excluding carboxylic acids is 1. The largest absolute Gasteiger partial charge is 0.450 e. The number of hydrogen-bond acceptors (Lipinski definition) is 5. The molecule has 1 rings (SSSR count). The molecule has 1 unspecified atom stereocenters. The molecule has 102 valence electrons. The first kappa shape index (κ1) is 14.6. The first-order valence-corrected chi connectivity index (χ1v) is 5.42. The van der Waals surface area contributed by atoms with Crippen LogP contribution in [0.15, 0.2) is 4.52 Å². The lowest BCUT2D eigenvalue weighted by atomic mass is 10.2. The number of nitrogens with zero attached hydrogens (tertiary/aromatic N) is 2. The van der Waals surface area contributed by atoms with Gasteiger partial charge in [-0.2, -0.15) is 18.2 Å². The maximum Gasteiger partial charge on any atom is 0.450 e. The first-order valence-electron chi connectivity index (χ1n) is 5.42. The highest BCUT2D eigenvalue weighted by Gasteiger charge is 2.39. The Bertz CT molecular complexity index is 403. The molecule has 5 nitrogen and oxygen atoms in total. The van der Waals surface area contributed by atoms with Crippen LogP contribution in [0, 0.1) is 0 Å². The van der Waals surface area contributed by atoms with E-state index in [0.717, 1.165) is 0 Å². The number of ketones is 1. The third kappa shape index (κ3) is 3.80. The van der Waals surface area contributed by atoms with E-state index in [2.05, 4.69) is 14.7 Å². The highest BCUT2D eigenvalue weighted by atomic mass is 19.4. The summed E-state index contributed by atoms with van der Waals surface area (Å²) >= 11 is 0. The fourth-order valence-electron chi connectivity index (χ4n) is 1.28. The fraction of sp³-hybridized carbons (Fsp3) is 0.700. The summed E-state index contributed by atoms with van der Waals surface area (Å²) in [5.41, 5.74) is 0. The Balaban J connectivity index is 2.71. The second-order valence-electron chi connectivity index (χ2n) is 3.50. The van der Waals surface area contributed by atoms with Gasteiger partial charge in [0.1, 0.15) is 6.10 Å². The molecule has 0 bridgehead atoms. The maximum absolute atomic E-state index is 12.0. The molecule has 8 heteroatoms. The summed E-state index contributed by atoms with van der Waals surface area (Å²) < 4.78 is 45.9. The number of hydrogen-bond donors (Lipinski definition) is 0. The van der Waals surface area contributed by atoms with Crippen LogP contribution in [-0.2, 0) is 16.0 Å². The molecular formula is C10H13F3N2O3. The summed E-state index contributed by atoms with van der Waals surface area (Å²) in [6, 6.07) is 0. The smallest absolute Gasteiger partial charge is 0.370 e. The van der Waals surface area contributed by atoms with E-state index in [4.69, 9.17) is 4.74 Å². The van der Waals surface area contributed by atoms with E-state index >= 15 is 0 Å².